The minimum atomic E-state index is 0.406. The van der Waals surface area contributed by atoms with Crippen molar-refractivity contribution in [3.05, 3.63) is 0 Å². The van der Waals surface area contributed by atoms with E-state index in [0.717, 1.165) is 6.42 Å². The molecule has 50 valence electrons. The Labute approximate surface area is 57.7 Å². The predicted octanol–water partition coefficient (Wildman–Crippen LogP) is 2.45. The summed E-state index contributed by atoms with van der Waals surface area (Å²) in [7, 11) is 0. The zero-order valence-electron chi connectivity index (χ0n) is 6.49. The van der Waals surface area contributed by atoms with Gasteiger partial charge in [0.25, 0.3) is 0 Å². The van der Waals surface area contributed by atoms with E-state index < -0.39 is 0 Å². The van der Waals surface area contributed by atoms with Crippen molar-refractivity contribution >= 4 is 0 Å². The fourth-order valence-corrected chi connectivity index (χ4v) is 1.13. The first-order chi connectivity index (χ1) is 4.11. The lowest BCUT2D eigenvalue weighted by Crippen LogP contribution is -2.16. The van der Waals surface area contributed by atoms with Crippen LogP contribution in [0.4, 0.5) is 0 Å². The second-order valence-corrected chi connectivity index (χ2v) is 3.78. The van der Waals surface area contributed by atoms with Crippen LogP contribution in [0.2, 0.25) is 0 Å². The zero-order chi connectivity index (χ0) is 6.91. The monoisotopic (exact) mass is 122 g/mol. The molecule has 1 atom stereocenters. The number of rotatable bonds is 0. The lowest BCUT2D eigenvalue weighted by atomic mass is 9.81. The fraction of sp³-hybridized carbons (Fsp3) is 0.778. The Kier molecular flexibility index (Phi) is 1.53. The molecule has 0 saturated carbocycles. The first-order valence-corrected chi connectivity index (χ1v) is 3.59. The molecule has 0 aromatic heterocycles. The van der Waals surface area contributed by atoms with Crippen LogP contribution >= 0.6 is 0 Å². The van der Waals surface area contributed by atoms with Gasteiger partial charge in [0.05, 0.1) is 0 Å². The predicted molar refractivity (Wildman–Crippen MR) is 40.0 cm³/mol. The van der Waals surface area contributed by atoms with Crippen LogP contribution in [0, 0.1) is 23.2 Å². The van der Waals surface area contributed by atoms with Crippen LogP contribution in [0.25, 0.3) is 0 Å². The van der Waals surface area contributed by atoms with Crippen LogP contribution in [-0.4, -0.2) is 0 Å². The van der Waals surface area contributed by atoms with Gasteiger partial charge in [-0.05, 0) is 11.8 Å². The SMILES string of the molecule is CC(C)(C)C1C#CCC1. The highest BCUT2D eigenvalue weighted by Gasteiger charge is 2.23. The largest absolute Gasteiger partial charge is 0.103 e. The summed E-state index contributed by atoms with van der Waals surface area (Å²) in [5, 5.41) is 0. The first kappa shape index (κ1) is 6.68. The Hall–Kier alpha value is -0.440. The van der Waals surface area contributed by atoms with Crippen molar-refractivity contribution in [1.29, 1.82) is 0 Å². The molecule has 0 aromatic rings. The maximum atomic E-state index is 3.25. The van der Waals surface area contributed by atoms with Gasteiger partial charge < -0.3 is 0 Å². The smallest absolute Gasteiger partial charge is 0.0260 e. The molecule has 9 heavy (non-hydrogen) atoms. The molecule has 0 aromatic carbocycles. The van der Waals surface area contributed by atoms with E-state index in [1.165, 1.54) is 6.42 Å². The molecule has 0 spiro atoms. The van der Waals surface area contributed by atoms with Crippen LogP contribution in [-0.2, 0) is 0 Å². The molecule has 1 aliphatic carbocycles. The molecule has 0 heterocycles. The Bertz CT molecular complexity index is 149. The summed E-state index contributed by atoms with van der Waals surface area (Å²) in [5.41, 5.74) is 0.406. The van der Waals surface area contributed by atoms with Gasteiger partial charge >= 0.3 is 0 Å². The van der Waals surface area contributed by atoms with Gasteiger partial charge in [-0.15, -0.1) is 5.92 Å². The molecule has 0 amide bonds. The third-order valence-corrected chi connectivity index (χ3v) is 1.88. The summed E-state index contributed by atoms with van der Waals surface area (Å²) >= 11 is 0. The van der Waals surface area contributed by atoms with Crippen molar-refractivity contribution in [2.75, 3.05) is 0 Å². The minimum absolute atomic E-state index is 0.406. The Morgan fingerprint density at radius 1 is 1.33 bits per heavy atom. The molecule has 0 nitrogen and oxygen atoms in total. The third kappa shape index (κ3) is 1.48. The lowest BCUT2D eigenvalue weighted by Gasteiger charge is -2.23. The molecular formula is C9H14. The summed E-state index contributed by atoms with van der Waals surface area (Å²) in [6.07, 6.45) is 2.37. The Morgan fingerprint density at radius 3 is 2.22 bits per heavy atom. The van der Waals surface area contributed by atoms with Gasteiger partial charge in [0, 0.05) is 12.3 Å². The van der Waals surface area contributed by atoms with E-state index in [1.54, 1.807) is 0 Å². The molecule has 0 N–H and O–H groups in total. The quantitative estimate of drug-likeness (QED) is 0.433. The van der Waals surface area contributed by atoms with Crippen molar-refractivity contribution in [2.45, 2.75) is 33.6 Å². The van der Waals surface area contributed by atoms with E-state index >= 15 is 0 Å². The number of hydrogen-bond donors (Lipinski definition) is 0. The molecule has 0 radical (unpaired) electrons. The topological polar surface area (TPSA) is 0 Å². The average Bonchev–Trinajstić information content (AvgIpc) is 2.08. The van der Waals surface area contributed by atoms with Crippen molar-refractivity contribution in [3.8, 4) is 11.8 Å². The van der Waals surface area contributed by atoms with Gasteiger partial charge in [0.1, 0.15) is 0 Å². The molecule has 1 unspecified atom stereocenters. The first-order valence-electron chi connectivity index (χ1n) is 3.59. The summed E-state index contributed by atoms with van der Waals surface area (Å²) in [6.45, 7) is 6.78. The maximum absolute atomic E-state index is 3.25. The van der Waals surface area contributed by atoms with Gasteiger partial charge in [0.2, 0.25) is 0 Å². The minimum Gasteiger partial charge on any atom is -0.103 e. The van der Waals surface area contributed by atoms with Crippen LogP contribution in [0.1, 0.15) is 33.6 Å². The molecular weight excluding hydrogens is 108 g/mol. The number of hydrogen-bond acceptors (Lipinski definition) is 0. The van der Waals surface area contributed by atoms with Crippen molar-refractivity contribution < 1.29 is 0 Å². The average molecular weight is 122 g/mol. The fourth-order valence-electron chi connectivity index (χ4n) is 1.13. The van der Waals surface area contributed by atoms with E-state index in [9.17, 15) is 0 Å². The van der Waals surface area contributed by atoms with E-state index in [2.05, 4.69) is 32.6 Å². The second kappa shape index (κ2) is 2.06. The highest BCUT2D eigenvalue weighted by Crippen LogP contribution is 2.31. The molecule has 0 heteroatoms. The molecule has 0 aliphatic heterocycles. The van der Waals surface area contributed by atoms with Crippen LogP contribution in [0.5, 0.6) is 0 Å². The van der Waals surface area contributed by atoms with Crippen molar-refractivity contribution in [1.82, 2.24) is 0 Å². The van der Waals surface area contributed by atoms with Gasteiger partial charge in [0.15, 0.2) is 0 Å². The standard InChI is InChI=1S/C9H14/c1-9(2,3)8-6-4-5-7-8/h8H,4,6H2,1-3H3. The van der Waals surface area contributed by atoms with E-state index in [0.29, 0.717) is 11.3 Å². The molecule has 1 aliphatic rings. The van der Waals surface area contributed by atoms with Gasteiger partial charge in [-0.3, -0.25) is 0 Å². The van der Waals surface area contributed by atoms with Crippen LogP contribution < -0.4 is 0 Å². The van der Waals surface area contributed by atoms with Crippen molar-refractivity contribution in [2.24, 2.45) is 11.3 Å². The third-order valence-electron chi connectivity index (χ3n) is 1.88. The van der Waals surface area contributed by atoms with E-state index in [4.69, 9.17) is 0 Å². The normalized spacial score (nSPS) is 25.4. The van der Waals surface area contributed by atoms with Crippen LogP contribution in [0.3, 0.4) is 0 Å². The highest BCUT2D eigenvalue weighted by atomic mass is 14.3. The summed E-state index contributed by atoms with van der Waals surface area (Å²) in [6, 6.07) is 0. The molecule has 0 saturated heterocycles. The summed E-state index contributed by atoms with van der Waals surface area (Å²) in [4.78, 5) is 0. The Morgan fingerprint density at radius 2 is 2.00 bits per heavy atom. The van der Waals surface area contributed by atoms with Crippen molar-refractivity contribution in [3.63, 3.8) is 0 Å². The summed E-state index contributed by atoms with van der Waals surface area (Å²) in [5.74, 6) is 7.03. The van der Waals surface area contributed by atoms with Gasteiger partial charge in [-0.2, -0.15) is 0 Å². The highest BCUT2D eigenvalue weighted by molar-refractivity contribution is 5.13. The maximum Gasteiger partial charge on any atom is 0.0260 e. The van der Waals surface area contributed by atoms with E-state index in [1.807, 2.05) is 0 Å². The second-order valence-electron chi connectivity index (χ2n) is 3.78. The lowest BCUT2D eigenvalue weighted by molar-refractivity contribution is 0.297. The molecule has 1 rings (SSSR count). The van der Waals surface area contributed by atoms with E-state index in [-0.39, 0.29) is 0 Å². The Balaban J connectivity index is 2.57. The summed E-state index contributed by atoms with van der Waals surface area (Å²) < 4.78 is 0. The van der Waals surface area contributed by atoms with Gasteiger partial charge in [-0.1, -0.05) is 26.7 Å². The van der Waals surface area contributed by atoms with Crippen LogP contribution in [0.15, 0.2) is 0 Å². The molecule has 0 fully saturated rings. The van der Waals surface area contributed by atoms with Gasteiger partial charge in [-0.25, -0.2) is 0 Å². The molecule has 0 bridgehead atoms. The zero-order valence-corrected chi connectivity index (χ0v) is 6.49.